The lowest BCUT2D eigenvalue weighted by Crippen LogP contribution is -2.21. The van der Waals surface area contributed by atoms with Crippen molar-refractivity contribution < 1.29 is 0 Å². The first-order chi connectivity index (χ1) is 33.3. The third-order valence-electron chi connectivity index (χ3n) is 14.9. The second-order valence-electron chi connectivity index (χ2n) is 20.5. The Balaban J connectivity index is 0.000000158. The molecule has 0 heterocycles. The summed E-state index contributed by atoms with van der Waals surface area (Å²) in [6, 6.07) is 62.1. The molecule has 12 rings (SSSR count). The Morgan fingerprint density at radius 1 is 0.493 bits per heavy atom. The molecule has 0 fully saturated rings. The van der Waals surface area contributed by atoms with E-state index in [1.807, 2.05) is 32.0 Å². The van der Waals surface area contributed by atoms with Gasteiger partial charge in [0.2, 0.25) is 0 Å². The SMILES string of the molecule is CC.Cc1cc2c(c3ccccc13)-c1ccc(CC3=CC(C)C4C(=C3)CCc3ccccc34)cc1C2(C)C.Cc1ccc2c(c1)CC(C)c1ccccc1-2.Cc1cccc(C)c1.Cc1ccccc1. The maximum absolute atomic E-state index is 2.54. The van der Waals surface area contributed by atoms with Crippen molar-refractivity contribution >= 4 is 10.8 Å². The van der Waals surface area contributed by atoms with E-state index in [-0.39, 0.29) is 5.41 Å². The van der Waals surface area contributed by atoms with Crippen molar-refractivity contribution in [1.82, 2.24) is 0 Å². The van der Waals surface area contributed by atoms with Crippen molar-refractivity contribution in [3.05, 3.63) is 260 Å². The first-order valence-corrected chi connectivity index (χ1v) is 25.7. The van der Waals surface area contributed by atoms with E-state index in [1.54, 1.807) is 16.7 Å². The Hall–Kier alpha value is -6.50. The summed E-state index contributed by atoms with van der Waals surface area (Å²) in [5, 5.41) is 2.77. The van der Waals surface area contributed by atoms with Crippen molar-refractivity contribution in [2.24, 2.45) is 5.92 Å². The predicted octanol–water partition coefficient (Wildman–Crippen LogP) is 18.9. The molecule has 0 aromatic heterocycles. The number of hydrogen-bond acceptors (Lipinski definition) is 0. The average molecular weight is 903 g/mol. The minimum atomic E-state index is 0.0142. The molecule has 4 aliphatic rings. The van der Waals surface area contributed by atoms with Crippen LogP contribution < -0.4 is 0 Å². The zero-order valence-corrected chi connectivity index (χ0v) is 43.4. The third-order valence-corrected chi connectivity index (χ3v) is 14.9. The molecule has 0 saturated heterocycles. The Morgan fingerprint density at radius 3 is 1.81 bits per heavy atom. The van der Waals surface area contributed by atoms with Gasteiger partial charge in [-0.25, -0.2) is 0 Å². The molecule has 350 valence electrons. The first-order valence-electron chi connectivity index (χ1n) is 25.7. The molecule has 3 atom stereocenters. The zero-order valence-electron chi connectivity index (χ0n) is 43.4. The van der Waals surface area contributed by atoms with E-state index >= 15 is 0 Å². The molecule has 0 N–H and O–H groups in total. The highest BCUT2D eigenvalue weighted by Crippen LogP contribution is 2.52. The van der Waals surface area contributed by atoms with Crippen LogP contribution in [0.5, 0.6) is 0 Å². The van der Waals surface area contributed by atoms with Gasteiger partial charge in [0.15, 0.2) is 0 Å². The van der Waals surface area contributed by atoms with Crippen molar-refractivity contribution in [1.29, 1.82) is 0 Å². The highest BCUT2D eigenvalue weighted by atomic mass is 14.4. The molecular formula is C69H74. The van der Waals surface area contributed by atoms with E-state index in [4.69, 9.17) is 0 Å². The molecule has 0 bridgehead atoms. The molecule has 0 saturated carbocycles. The molecule has 0 heteroatoms. The fraction of sp³-hybridized carbons (Fsp3) is 0.275. The summed E-state index contributed by atoms with van der Waals surface area (Å²) in [5.41, 5.74) is 26.1. The van der Waals surface area contributed by atoms with Gasteiger partial charge in [-0.05, 0) is 155 Å². The molecular weight excluding hydrogens is 829 g/mol. The van der Waals surface area contributed by atoms with Crippen molar-refractivity contribution in [3.8, 4) is 22.3 Å². The van der Waals surface area contributed by atoms with Crippen LogP contribution in [-0.4, -0.2) is 0 Å². The quantitative estimate of drug-likeness (QED) is 0.162. The normalized spacial score (nSPS) is 17.2. The van der Waals surface area contributed by atoms with Crippen LogP contribution in [0.15, 0.2) is 193 Å². The zero-order chi connectivity index (χ0) is 48.8. The summed E-state index contributed by atoms with van der Waals surface area (Å²) in [6.07, 6.45) is 9.64. The Labute approximate surface area is 415 Å². The monoisotopic (exact) mass is 903 g/mol. The summed E-state index contributed by atoms with van der Waals surface area (Å²) >= 11 is 0. The van der Waals surface area contributed by atoms with E-state index in [1.165, 1.54) is 113 Å². The van der Waals surface area contributed by atoms with Gasteiger partial charge in [0.05, 0.1) is 0 Å². The van der Waals surface area contributed by atoms with Crippen molar-refractivity contribution in [3.63, 3.8) is 0 Å². The molecule has 4 aliphatic carbocycles. The minimum Gasteiger partial charge on any atom is -0.0772 e. The molecule has 0 radical (unpaired) electrons. The summed E-state index contributed by atoms with van der Waals surface area (Å²) in [4.78, 5) is 0. The van der Waals surface area contributed by atoms with Crippen LogP contribution in [0.1, 0.15) is 127 Å². The van der Waals surface area contributed by atoms with E-state index in [2.05, 4.69) is 226 Å². The maximum Gasteiger partial charge on any atom is 0.0159 e. The van der Waals surface area contributed by atoms with E-state index in [0.29, 0.717) is 17.8 Å². The van der Waals surface area contributed by atoms with Gasteiger partial charge in [0.25, 0.3) is 0 Å². The van der Waals surface area contributed by atoms with Crippen LogP contribution in [0.3, 0.4) is 0 Å². The van der Waals surface area contributed by atoms with Crippen LogP contribution in [0.2, 0.25) is 0 Å². The van der Waals surface area contributed by atoms with Gasteiger partial charge in [0, 0.05) is 11.3 Å². The molecule has 3 unspecified atom stereocenters. The van der Waals surface area contributed by atoms with Crippen LogP contribution in [-0.2, 0) is 24.7 Å². The van der Waals surface area contributed by atoms with Gasteiger partial charge < -0.3 is 0 Å². The Morgan fingerprint density at radius 2 is 1.12 bits per heavy atom. The van der Waals surface area contributed by atoms with Crippen LogP contribution in [0.25, 0.3) is 33.0 Å². The third kappa shape index (κ3) is 10.6. The first kappa shape index (κ1) is 48.9. The summed E-state index contributed by atoms with van der Waals surface area (Å²) in [6.45, 7) is 24.3. The van der Waals surface area contributed by atoms with Crippen LogP contribution in [0, 0.1) is 40.5 Å². The molecule has 0 amide bonds. The lowest BCUT2D eigenvalue weighted by Gasteiger charge is -2.35. The number of aryl methyl sites for hydroxylation is 6. The van der Waals surface area contributed by atoms with Gasteiger partial charge in [-0.3, -0.25) is 0 Å². The maximum atomic E-state index is 2.54. The highest BCUT2D eigenvalue weighted by molar-refractivity contribution is 6.03. The van der Waals surface area contributed by atoms with Gasteiger partial charge >= 0.3 is 0 Å². The smallest absolute Gasteiger partial charge is 0.0159 e. The number of rotatable bonds is 2. The van der Waals surface area contributed by atoms with Gasteiger partial charge in [-0.15, -0.1) is 0 Å². The van der Waals surface area contributed by atoms with Crippen LogP contribution >= 0.6 is 0 Å². The average Bonchev–Trinajstić information content (AvgIpc) is 3.57. The lowest BCUT2D eigenvalue weighted by atomic mass is 9.69. The van der Waals surface area contributed by atoms with E-state index in [0.717, 1.165) is 6.42 Å². The van der Waals surface area contributed by atoms with E-state index < -0.39 is 0 Å². The minimum absolute atomic E-state index is 0.0142. The number of fused-ring (bicyclic) bond motifs is 11. The largest absolute Gasteiger partial charge is 0.0772 e. The predicted molar refractivity (Wildman–Crippen MR) is 300 cm³/mol. The molecule has 0 nitrogen and oxygen atoms in total. The summed E-state index contributed by atoms with van der Waals surface area (Å²) < 4.78 is 0. The molecule has 8 aromatic carbocycles. The van der Waals surface area contributed by atoms with E-state index in [9.17, 15) is 0 Å². The number of benzene rings is 8. The summed E-state index contributed by atoms with van der Waals surface area (Å²) in [5.74, 6) is 1.75. The van der Waals surface area contributed by atoms with Crippen molar-refractivity contribution in [2.45, 2.75) is 119 Å². The summed E-state index contributed by atoms with van der Waals surface area (Å²) in [7, 11) is 0. The number of hydrogen-bond donors (Lipinski definition) is 0. The lowest BCUT2D eigenvalue weighted by molar-refractivity contribution is 0.553. The van der Waals surface area contributed by atoms with Gasteiger partial charge in [-0.1, -0.05) is 251 Å². The number of allylic oxidation sites excluding steroid dienone is 4. The van der Waals surface area contributed by atoms with Crippen LogP contribution in [0.4, 0.5) is 0 Å². The van der Waals surface area contributed by atoms with Crippen molar-refractivity contribution in [2.75, 3.05) is 0 Å². The standard InChI is InChI=1S/C36H34.C16H16.C8H10.C7H8.C2H6/c1-22-18-33-35(30-12-8-7-10-28(22)30)31-16-13-24(21-32(31)36(33,3)4)19-25-17-23(2)34-27(20-25)15-14-26-9-5-6-11-29(26)34;1-11-7-8-15-13(9-11)10-12(2)14-5-3-4-6-16(14)15;1-7-4-3-5-8(2)6-7;1-7-5-3-2-4-6-7;1-2/h5-13,16-18,20-21,23,34H,14-15,19H2,1-4H3;3-9,12H,10H2,1-2H3;3-6H,1-2H3;2-6H,1H3;1-2H3. The topological polar surface area (TPSA) is 0 Å². The van der Waals surface area contributed by atoms with Gasteiger partial charge in [-0.2, -0.15) is 0 Å². The molecule has 0 aliphatic heterocycles. The Bertz CT molecular complexity index is 3120. The molecule has 0 spiro atoms. The fourth-order valence-electron chi connectivity index (χ4n) is 11.6. The molecule has 8 aromatic rings. The Kier molecular flexibility index (Phi) is 15.2. The highest BCUT2D eigenvalue weighted by Gasteiger charge is 2.37. The second kappa shape index (κ2) is 21.4. The fourth-order valence-corrected chi connectivity index (χ4v) is 11.6. The second-order valence-corrected chi connectivity index (χ2v) is 20.5. The molecule has 69 heavy (non-hydrogen) atoms. The van der Waals surface area contributed by atoms with Gasteiger partial charge in [0.1, 0.15) is 0 Å².